The van der Waals surface area contributed by atoms with Gasteiger partial charge in [0.05, 0.1) is 11.1 Å². The van der Waals surface area contributed by atoms with Gasteiger partial charge in [-0.25, -0.2) is 0 Å². The highest BCUT2D eigenvalue weighted by molar-refractivity contribution is 7.13. The third-order valence-electron chi connectivity index (χ3n) is 6.02. The van der Waals surface area contributed by atoms with Crippen molar-refractivity contribution in [1.29, 1.82) is 21.0 Å². The van der Waals surface area contributed by atoms with E-state index in [0.717, 1.165) is 39.6 Å². The smallest absolute Gasteiger partial charge is 0.131 e. The summed E-state index contributed by atoms with van der Waals surface area (Å²) in [7, 11) is 0. The molecule has 2 unspecified atom stereocenters. The highest BCUT2D eigenvalue weighted by Crippen LogP contribution is 2.41. The first kappa shape index (κ1) is 24.2. The van der Waals surface area contributed by atoms with E-state index in [1.807, 2.05) is 18.2 Å². The van der Waals surface area contributed by atoms with Gasteiger partial charge >= 0.3 is 0 Å². The van der Waals surface area contributed by atoms with Crippen LogP contribution in [0, 0.1) is 45.3 Å². The Bertz CT molecular complexity index is 1360. The molecule has 2 heterocycles. The van der Waals surface area contributed by atoms with Crippen molar-refractivity contribution < 1.29 is 0 Å². The van der Waals surface area contributed by atoms with Crippen molar-refractivity contribution in [2.24, 2.45) is 0 Å². The van der Waals surface area contributed by atoms with Gasteiger partial charge in [0, 0.05) is 9.75 Å². The second-order valence-electron chi connectivity index (χ2n) is 8.56. The monoisotopic (exact) mass is 468 g/mol. The molecule has 0 spiro atoms. The number of rotatable bonds is 7. The average Bonchev–Trinajstić information content (AvgIpc) is 3.48. The summed E-state index contributed by atoms with van der Waals surface area (Å²) in [5.74, 6) is 0.606. The number of benzene rings is 1. The first-order valence-electron chi connectivity index (χ1n) is 10.8. The third-order valence-corrected chi connectivity index (χ3v) is 8.03. The van der Waals surface area contributed by atoms with E-state index >= 15 is 0 Å². The Morgan fingerprint density at radius 2 is 1.42 bits per heavy atom. The van der Waals surface area contributed by atoms with Crippen LogP contribution in [0.1, 0.15) is 90.3 Å². The molecule has 164 valence electrons. The summed E-state index contributed by atoms with van der Waals surface area (Å²) in [6.45, 7) is 8.46. The van der Waals surface area contributed by atoms with Gasteiger partial charge in [-0.2, -0.15) is 32.4 Å². The van der Waals surface area contributed by atoms with E-state index < -0.39 is 0 Å². The number of hydrogen-bond acceptors (Lipinski definition) is 6. The second kappa shape index (κ2) is 10.5. The van der Waals surface area contributed by atoms with Crippen LogP contribution in [0.15, 0.2) is 28.5 Å². The predicted molar refractivity (Wildman–Crippen MR) is 135 cm³/mol. The number of thiophene rings is 2. The van der Waals surface area contributed by atoms with Crippen LogP contribution in [0.5, 0.6) is 0 Å². The average molecular weight is 469 g/mol. The fourth-order valence-corrected chi connectivity index (χ4v) is 6.21. The minimum absolute atomic E-state index is 0.103. The number of nitriles is 4. The minimum atomic E-state index is 0.103. The molecule has 3 rings (SSSR count). The van der Waals surface area contributed by atoms with Gasteiger partial charge in [-0.15, -0.1) is 11.3 Å². The Hall–Kier alpha value is -3.42. The fourth-order valence-electron chi connectivity index (χ4n) is 4.33. The van der Waals surface area contributed by atoms with Crippen molar-refractivity contribution in [2.75, 3.05) is 0 Å². The van der Waals surface area contributed by atoms with E-state index in [-0.39, 0.29) is 17.4 Å². The second-order valence-corrected chi connectivity index (χ2v) is 10.4. The van der Waals surface area contributed by atoms with E-state index in [1.54, 1.807) is 28.7 Å². The molecule has 0 bridgehead atoms. The molecule has 0 fully saturated rings. The van der Waals surface area contributed by atoms with Gasteiger partial charge in [0.1, 0.15) is 29.8 Å². The zero-order chi connectivity index (χ0) is 24.1. The van der Waals surface area contributed by atoms with Crippen LogP contribution < -0.4 is 0 Å². The summed E-state index contributed by atoms with van der Waals surface area (Å²) in [6.07, 6.45) is 3.44. The Morgan fingerprint density at radius 1 is 0.848 bits per heavy atom. The lowest BCUT2D eigenvalue weighted by Crippen LogP contribution is -2.06. The standard InChI is InChI=1S/C27H24N4S2/c1-16(2)26-21(12-30)22(13-31)27(24-15-32-14-23(24)26)18(4)6-5-17(3)25-8-7-20(33-25)9-19(10-28)11-29/h7-9,14-18H,5-6H2,1-4H3. The molecule has 1 aromatic carbocycles. The first-order valence-corrected chi connectivity index (χ1v) is 12.6. The lowest BCUT2D eigenvalue weighted by atomic mass is 9.81. The molecule has 0 radical (unpaired) electrons. The maximum atomic E-state index is 10.0. The lowest BCUT2D eigenvalue weighted by molar-refractivity contribution is 0.580. The van der Waals surface area contributed by atoms with Crippen LogP contribution in [0.2, 0.25) is 0 Å². The van der Waals surface area contributed by atoms with Crippen molar-refractivity contribution >= 4 is 39.5 Å². The summed E-state index contributed by atoms with van der Waals surface area (Å²) in [5.41, 5.74) is 3.11. The largest absolute Gasteiger partial charge is 0.192 e. The van der Waals surface area contributed by atoms with Gasteiger partial charge in [0.2, 0.25) is 0 Å². The SMILES string of the molecule is CC(C)c1c(C#N)c(C#N)c(C(C)CCC(C)c2ccc(C=C(C#N)C#N)s2)c2cscc12. The summed E-state index contributed by atoms with van der Waals surface area (Å²) < 4.78 is 0. The van der Waals surface area contributed by atoms with Crippen LogP contribution >= 0.6 is 22.7 Å². The molecule has 0 N–H and O–H groups in total. The number of hydrogen-bond donors (Lipinski definition) is 0. The normalized spacial score (nSPS) is 12.4. The predicted octanol–water partition coefficient (Wildman–Crippen LogP) is 7.95. The Morgan fingerprint density at radius 3 is 2.00 bits per heavy atom. The van der Waals surface area contributed by atoms with E-state index in [0.29, 0.717) is 17.0 Å². The van der Waals surface area contributed by atoms with Gasteiger partial charge in [-0.05, 0) is 81.5 Å². The number of allylic oxidation sites excluding steroid dienone is 1. The zero-order valence-electron chi connectivity index (χ0n) is 19.1. The molecule has 0 saturated carbocycles. The molecule has 4 nitrogen and oxygen atoms in total. The van der Waals surface area contributed by atoms with Crippen LogP contribution in [-0.4, -0.2) is 0 Å². The Labute approximate surface area is 203 Å². The molecule has 3 aromatic rings. The maximum Gasteiger partial charge on any atom is 0.131 e. The minimum Gasteiger partial charge on any atom is -0.192 e. The molecule has 0 amide bonds. The molecule has 2 aromatic heterocycles. The van der Waals surface area contributed by atoms with Crippen molar-refractivity contribution in [3.8, 4) is 24.3 Å². The highest BCUT2D eigenvalue weighted by Gasteiger charge is 2.25. The third kappa shape index (κ3) is 4.84. The van der Waals surface area contributed by atoms with Crippen molar-refractivity contribution in [1.82, 2.24) is 0 Å². The first-order chi connectivity index (χ1) is 15.9. The van der Waals surface area contributed by atoms with Gasteiger partial charge in [0.25, 0.3) is 0 Å². The van der Waals surface area contributed by atoms with Gasteiger partial charge < -0.3 is 0 Å². The van der Waals surface area contributed by atoms with Crippen LogP contribution in [0.3, 0.4) is 0 Å². The van der Waals surface area contributed by atoms with E-state index in [1.165, 1.54) is 4.88 Å². The summed E-state index contributed by atoms with van der Waals surface area (Å²) in [6, 6.07) is 12.5. The highest BCUT2D eigenvalue weighted by atomic mass is 32.1. The maximum absolute atomic E-state index is 10.0. The molecule has 33 heavy (non-hydrogen) atoms. The van der Waals surface area contributed by atoms with E-state index in [9.17, 15) is 10.5 Å². The molecule has 2 atom stereocenters. The lowest BCUT2D eigenvalue weighted by Gasteiger charge is -2.21. The van der Waals surface area contributed by atoms with Gasteiger partial charge in [-0.3, -0.25) is 0 Å². The van der Waals surface area contributed by atoms with Crippen LogP contribution in [0.4, 0.5) is 0 Å². The molecular weight excluding hydrogens is 444 g/mol. The van der Waals surface area contributed by atoms with Gasteiger partial charge in [-0.1, -0.05) is 27.7 Å². The molecule has 6 heteroatoms. The van der Waals surface area contributed by atoms with Crippen LogP contribution in [-0.2, 0) is 0 Å². The molecular formula is C27H24N4S2. The topological polar surface area (TPSA) is 95.2 Å². The zero-order valence-corrected chi connectivity index (χ0v) is 20.8. The van der Waals surface area contributed by atoms with Crippen molar-refractivity contribution in [3.05, 3.63) is 60.5 Å². The van der Waals surface area contributed by atoms with Crippen molar-refractivity contribution in [3.63, 3.8) is 0 Å². The van der Waals surface area contributed by atoms with Crippen molar-refractivity contribution in [2.45, 2.75) is 58.3 Å². The Balaban J connectivity index is 1.89. The Kier molecular flexibility index (Phi) is 7.68. The number of nitrogens with zero attached hydrogens (tertiary/aromatic N) is 4. The molecule has 0 aliphatic rings. The van der Waals surface area contributed by atoms with Gasteiger partial charge in [0.15, 0.2) is 0 Å². The van der Waals surface area contributed by atoms with Crippen LogP contribution in [0.25, 0.3) is 16.8 Å². The summed E-state index contributed by atoms with van der Waals surface area (Å²) in [4.78, 5) is 2.11. The quantitative estimate of drug-likeness (QED) is 0.329. The van der Waals surface area contributed by atoms with E-state index in [2.05, 4.69) is 56.7 Å². The number of fused-ring (bicyclic) bond motifs is 1. The fraction of sp³-hybridized carbons (Fsp3) is 0.333. The molecule has 0 aliphatic carbocycles. The van der Waals surface area contributed by atoms with E-state index in [4.69, 9.17) is 10.5 Å². The molecule has 0 saturated heterocycles. The summed E-state index contributed by atoms with van der Waals surface area (Å²) >= 11 is 3.22. The summed E-state index contributed by atoms with van der Waals surface area (Å²) in [5, 5.41) is 44.3. The molecule has 0 aliphatic heterocycles.